The molecule has 21 heavy (non-hydrogen) atoms. The van der Waals surface area contributed by atoms with Crippen LogP contribution in [0.15, 0.2) is 42.5 Å². The lowest BCUT2D eigenvalue weighted by atomic mass is 10.1. The predicted molar refractivity (Wildman–Crippen MR) is 79.7 cm³/mol. The molecule has 0 aliphatic rings. The van der Waals surface area contributed by atoms with Gasteiger partial charge in [-0.25, -0.2) is 20.0 Å². The highest BCUT2D eigenvalue weighted by Crippen LogP contribution is 2.16. The summed E-state index contributed by atoms with van der Waals surface area (Å²) in [5, 5.41) is 14.6. The van der Waals surface area contributed by atoms with E-state index in [4.69, 9.17) is 5.11 Å². The molecule has 0 heterocycles. The van der Waals surface area contributed by atoms with Crippen LogP contribution in [0, 0.1) is 0 Å². The van der Waals surface area contributed by atoms with Crippen LogP contribution in [-0.2, 0) is 6.54 Å². The second-order valence-corrected chi connectivity index (χ2v) is 4.52. The number of benzene rings is 2. The number of nitrogens with one attached hydrogen (secondary N) is 2. The molecule has 2 rings (SSSR count). The number of hydrazine groups is 1. The first kappa shape index (κ1) is 14.6. The van der Waals surface area contributed by atoms with E-state index in [2.05, 4.69) is 10.7 Å². The van der Waals surface area contributed by atoms with E-state index in [1.807, 2.05) is 42.5 Å². The predicted octanol–water partition coefficient (Wildman–Crippen LogP) is 2.55. The number of carbonyl (C=O) groups excluding carboxylic acids is 1. The number of rotatable bonds is 3. The molecule has 3 amide bonds. The Bertz CT molecular complexity index is 657. The monoisotopic (exact) mass is 287 g/mol. The molecule has 110 valence electrons. The minimum atomic E-state index is -1.28. The van der Waals surface area contributed by atoms with Gasteiger partial charge in [-0.3, -0.25) is 0 Å². The Labute approximate surface area is 122 Å². The summed E-state index contributed by atoms with van der Waals surface area (Å²) in [6.45, 7) is 2.35. The maximum absolute atomic E-state index is 11.8. The molecule has 6 nitrogen and oxygen atoms in total. The Kier molecular flexibility index (Phi) is 4.61. The van der Waals surface area contributed by atoms with Gasteiger partial charge in [0.1, 0.15) is 0 Å². The molecule has 3 N–H and O–H groups in total. The molecule has 0 saturated heterocycles. The van der Waals surface area contributed by atoms with Crippen LogP contribution >= 0.6 is 0 Å². The van der Waals surface area contributed by atoms with Crippen molar-refractivity contribution < 1.29 is 14.7 Å². The summed E-state index contributed by atoms with van der Waals surface area (Å²) in [7, 11) is 0. The van der Waals surface area contributed by atoms with Gasteiger partial charge in [-0.1, -0.05) is 36.4 Å². The second kappa shape index (κ2) is 6.60. The minimum absolute atomic E-state index is 0.156. The Balaban J connectivity index is 2.20. The van der Waals surface area contributed by atoms with Crippen LogP contribution < -0.4 is 10.7 Å². The summed E-state index contributed by atoms with van der Waals surface area (Å²) in [5.74, 6) is 0. The Morgan fingerprint density at radius 3 is 2.52 bits per heavy atom. The number of nitrogens with zero attached hydrogens (tertiary/aromatic N) is 1. The van der Waals surface area contributed by atoms with Crippen molar-refractivity contribution in [3.8, 4) is 0 Å². The molecular formula is C15H17N3O3. The molecule has 0 saturated carbocycles. The second-order valence-electron chi connectivity index (χ2n) is 4.52. The number of urea groups is 1. The lowest BCUT2D eigenvalue weighted by molar-refractivity contribution is 0.139. The molecule has 0 atom stereocenters. The third kappa shape index (κ3) is 3.85. The highest BCUT2D eigenvalue weighted by molar-refractivity contribution is 5.83. The lowest BCUT2D eigenvalue weighted by Crippen LogP contribution is -2.49. The standard InChI is InChI=1S/C15H17N3O3/c1-2-16-14(19)18(17-15(20)21)10-11-7-8-12-5-3-4-6-13(12)9-11/h3-9,17H,2,10H2,1H3,(H,16,19)(H,20,21). The molecule has 0 aliphatic carbocycles. The van der Waals surface area contributed by atoms with Crippen molar-refractivity contribution in [2.45, 2.75) is 13.5 Å². The van der Waals surface area contributed by atoms with Crippen molar-refractivity contribution in [3.05, 3.63) is 48.0 Å². The van der Waals surface area contributed by atoms with E-state index in [1.54, 1.807) is 6.92 Å². The van der Waals surface area contributed by atoms with Gasteiger partial charge in [0.05, 0.1) is 6.54 Å². The first-order chi connectivity index (χ1) is 10.1. The van der Waals surface area contributed by atoms with Crippen LogP contribution in [0.1, 0.15) is 12.5 Å². The third-order valence-electron chi connectivity index (χ3n) is 2.96. The molecule has 0 spiro atoms. The number of fused-ring (bicyclic) bond motifs is 1. The topological polar surface area (TPSA) is 81.7 Å². The number of amides is 3. The quantitative estimate of drug-likeness (QED) is 0.759. The van der Waals surface area contributed by atoms with Crippen LogP contribution in [0.25, 0.3) is 10.8 Å². The van der Waals surface area contributed by atoms with Gasteiger partial charge in [-0.05, 0) is 29.3 Å². The smallest absolute Gasteiger partial charge is 0.423 e. The number of carboxylic acid groups (broad SMARTS) is 1. The number of hydrogen-bond acceptors (Lipinski definition) is 2. The minimum Gasteiger partial charge on any atom is -0.464 e. The summed E-state index contributed by atoms with van der Waals surface area (Å²) < 4.78 is 0. The average molecular weight is 287 g/mol. The van der Waals surface area contributed by atoms with E-state index in [-0.39, 0.29) is 6.54 Å². The van der Waals surface area contributed by atoms with E-state index in [9.17, 15) is 9.59 Å². The highest BCUT2D eigenvalue weighted by Gasteiger charge is 2.15. The van der Waals surface area contributed by atoms with E-state index in [1.165, 1.54) is 0 Å². The molecule has 0 aromatic heterocycles. The largest absolute Gasteiger partial charge is 0.464 e. The molecule has 2 aromatic carbocycles. The van der Waals surface area contributed by atoms with E-state index < -0.39 is 12.1 Å². The normalized spacial score (nSPS) is 10.1. The van der Waals surface area contributed by atoms with Crippen LogP contribution in [0.2, 0.25) is 0 Å². The molecule has 0 unspecified atom stereocenters. The zero-order valence-corrected chi connectivity index (χ0v) is 11.7. The molecule has 0 radical (unpaired) electrons. The van der Waals surface area contributed by atoms with Crippen molar-refractivity contribution in [2.75, 3.05) is 6.54 Å². The van der Waals surface area contributed by atoms with Crippen molar-refractivity contribution in [1.29, 1.82) is 0 Å². The first-order valence-electron chi connectivity index (χ1n) is 6.62. The van der Waals surface area contributed by atoms with Gasteiger partial charge in [0.25, 0.3) is 0 Å². The fourth-order valence-corrected chi connectivity index (χ4v) is 2.04. The summed E-state index contributed by atoms with van der Waals surface area (Å²) in [6.07, 6.45) is -1.28. The SMILES string of the molecule is CCNC(=O)N(Cc1ccc2ccccc2c1)NC(=O)O. The van der Waals surface area contributed by atoms with E-state index >= 15 is 0 Å². The van der Waals surface area contributed by atoms with Gasteiger partial charge in [0.2, 0.25) is 0 Å². The summed E-state index contributed by atoms with van der Waals surface area (Å²) in [5.41, 5.74) is 2.94. The van der Waals surface area contributed by atoms with Crippen LogP contribution in [0.5, 0.6) is 0 Å². The maximum atomic E-state index is 11.8. The van der Waals surface area contributed by atoms with Crippen molar-refractivity contribution in [1.82, 2.24) is 15.8 Å². The van der Waals surface area contributed by atoms with E-state index in [0.29, 0.717) is 6.54 Å². The zero-order chi connectivity index (χ0) is 15.2. The highest BCUT2D eigenvalue weighted by atomic mass is 16.4. The molecule has 0 bridgehead atoms. The summed E-state index contributed by atoms with van der Waals surface area (Å²) >= 11 is 0. The van der Waals surface area contributed by atoms with Crippen molar-refractivity contribution in [3.63, 3.8) is 0 Å². The molecule has 0 aliphatic heterocycles. The first-order valence-corrected chi connectivity index (χ1v) is 6.62. The van der Waals surface area contributed by atoms with Crippen molar-refractivity contribution in [2.24, 2.45) is 0 Å². The number of carbonyl (C=O) groups is 2. The molecular weight excluding hydrogens is 270 g/mol. The van der Waals surface area contributed by atoms with Gasteiger partial charge < -0.3 is 10.4 Å². The van der Waals surface area contributed by atoms with Crippen molar-refractivity contribution >= 4 is 22.9 Å². The third-order valence-corrected chi connectivity index (χ3v) is 2.96. The van der Waals surface area contributed by atoms with Gasteiger partial charge in [-0.15, -0.1) is 0 Å². The molecule has 6 heteroatoms. The Morgan fingerprint density at radius 1 is 1.14 bits per heavy atom. The fraction of sp³-hybridized carbons (Fsp3) is 0.200. The maximum Gasteiger partial charge on any atom is 0.423 e. The lowest BCUT2D eigenvalue weighted by Gasteiger charge is -2.22. The van der Waals surface area contributed by atoms with Gasteiger partial charge in [-0.2, -0.15) is 0 Å². The van der Waals surface area contributed by atoms with E-state index in [0.717, 1.165) is 21.3 Å². The van der Waals surface area contributed by atoms with Crippen LogP contribution in [-0.4, -0.2) is 28.8 Å². The van der Waals surface area contributed by atoms with Crippen LogP contribution in [0.4, 0.5) is 9.59 Å². The summed E-state index contributed by atoms with van der Waals surface area (Å²) in [6, 6.07) is 13.1. The molecule has 2 aromatic rings. The van der Waals surface area contributed by atoms with Gasteiger partial charge in [0.15, 0.2) is 0 Å². The fourth-order valence-electron chi connectivity index (χ4n) is 2.04. The zero-order valence-electron chi connectivity index (χ0n) is 11.7. The number of hydrogen-bond donors (Lipinski definition) is 3. The average Bonchev–Trinajstić information content (AvgIpc) is 2.46. The van der Waals surface area contributed by atoms with Gasteiger partial charge >= 0.3 is 12.1 Å². The summed E-state index contributed by atoms with van der Waals surface area (Å²) in [4.78, 5) is 22.6. The van der Waals surface area contributed by atoms with Crippen LogP contribution in [0.3, 0.4) is 0 Å². The van der Waals surface area contributed by atoms with Gasteiger partial charge in [0, 0.05) is 6.54 Å². The Hall–Kier alpha value is -2.76. The Morgan fingerprint density at radius 2 is 1.86 bits per heavy atom. The molecule has 0 fully saturated rings.